The van der Waals surface area contributed by atoms with E-state index in [2.05, 4.69) is 15.6 Å². The predicted octanol–water partition coefficient (Wildman–Crippen LogP) is 2.64. The molecule has 0 atom stereocenters. The second kappa shape index (κ2) is 8.51. The zero-order chi connectivity index (χ0) is 18.4. The molecule has 1 fully saturated rings. The third-order valence-electron chi connectivity index (χ3n) is 4.57. The van der Waals surface area contributed by atoms with Gasteiger partial charge in [-0.15, -0.1) is 0 Å². The maximum atomic E-state index is 12.8. The van der Waals surface area contributed by atoms with Crippen LogP contribution in [0.5, 0.6) is 0 Å². The summed E-state index contributed by atoms with van der Waals surface area (Å²) in [6, 6.07) is 5.24. The molecule has 0 saturated carbocycles. The molecule has 1 aliphatic rings. The molecule has 0 bridgehead atoms. The zero-order valence-electron chi connectivity index (χ0n) is 15.1. The molecule has 0 spiro atoms. The summed E-state index contributed by atoms with van der Waals surface area (Å²) in [7, 11) is 0. The van der Waals surface area contributed by atoms with Crippen molar-refractivity contribution in [1.29, 1.82) is 0 Å². The fourth-order valence-electron chi connectivity index (χ4n) is 3.18. The molecule has 1 aliphatic heterocycles. The number of carbonyl (C=O) groups is 2. The van der Waals surface area contributed by atoms with Gasteiger partial charge in [0, 0.05) is 38.6 Å². The number of benzene rings is 1. The van der Waals surface area contributed by atoms with Crippen LogP contribution in [0.15, 0.2) is 36.9 Å². The van der Waals surface area contributed by atoms with E-state index in [4.69, 9.17) is 0 Å². The van der Waals surface area contributed by atoms with Crippen molar-refractivity contribution in [2.75, 3.05) is 25.0 Å². The van der Waals surface area contributed by atoms with Gasteiger partial charge in [0.05, 0.1) is 17.6 Å². The highest BCUT2D eigenvalue weighted by Crippen LogP contribution is 2.23. The number of nitrogens with zero attached hydrogens (tertiary/aromatic N) is 3. The number of carbonyl (C=O) groups excluding carboxylic acids is 2. The van der Waals surface area contributed by atoms with E-state index >= 15 is 0 Å². The first-order valence-electron chi connectivity index (χ1n) is 9.04. The van der Waals surface area contributed by atoms with Gasteiger partial charge in [-0.2, -0.15) is 0 Å². The molecule has 1 aromatic carbocycles. The van der Waals surface area contributed by atoms with Crippen molar-refractivity contribution >= 4 is 17.6 Å². The lowest BCUT2D eigenvalue weighted by atomic mass is 10.1. The second-order valence-electron chi connectivity index (χ2n) is 6.53. The number of amides is 3. The Morgan fingerprint density at radius 1 is 1.23 bits per heavy atom. The van der Waals surface area contributed by atoms with Crippen molar-refractivity contribution in [2.24, 2.45) is 0 Å². The number of hydrogen-bond acceptors (Lipinski definition) is 3. The van der Waals surface area contributed by atoms with Crippen molar-refractivity contribution in [1.82, 2.24) is 19.8 Å². The molecule has 3 rings (SSSR count). The van der Waals surface area contributed by atoms with E-state index in [1.165, 1.54) is 0 Å². The van der Waals surface area contributed by atoms with Crippen molar-refractivity contribution in [2.45, 2.75) is 32.7 Å². The third kappa shape index (κ3) is 4.41. The van der Waals surface area contributed by atoms with E-state index in [0.717, 1.165) is 44.5 Å². The summed E-state index contributed by atoms with van der Waals surface area (Å²) >= 11 is 0. The summed E-state index contributed by atoms with van der Waals surface area (Å²) < 4.78 is 1.97. The number of rotatable bonds is 6. The molecule has 0 radical (unpaired) electrons. The van der Waals surface area contributed by atoms with Crippen LogP contribution in [0.25, 0.3) is 0 Å². The molecule has 0 unspecified atom stereocenters. The van der Waals surface area contributed by atoms with Gasteiger partial charge in [-0.3, -0.25) is 4.79 Å². The van der Waals surface area contributed by atoms with E-state index in [1.807, 2.05) is 34.7 Å². The number of likely N-dealkylation sites (tertiary alicyclic amines) is 1. The smallest absolute Gasteiger partial charge is 0.319 e. The summed E-state index contributed by atoms with van der Waals surface area (Å²) in [4.78, 5) is 30.9. The molecule has 2 N–H and O–H groups in total. The van der Waals surface area contributed by atoms with Crippen molar-refractivity contribution in [3.63, 3.8) is 0 Å². The molecule has 26 heavy (non-hydrogen) atoms. The van der Waals surface area contributed by atoms with Crippen LogP contribution in [-0.2, 0) is 6.54 Å². The summed E-state index contributed by atoms with van der Waals surface area (Å²) in [5, 5.41) is 5.67. The van der Waals surface area contributed by atoms with Crippen molar-refractivity contribution in [3.05, 3.63) is 48.0 Å². The summed E-state index contributed by atoms with van der Waals surface area (Å²) in [5.74, 6) is -0.00370. The average Bonchev–Trinajstić information content (AvgIpc) is 3.32. The van der Waals surface area contributed by atoms with E-state index in [1.54, 1.807) is 18.6 Å². The maximum Gasteiger partial charge on any atom is 0.319 e. The van der Waals surface area contributed by atoms with Crippen LogP contribution >= 0.6 is 0 Å². The molecular formula is C19H25N5O2. The van der Waals surface area contributed by atoms with Crippen LogP contribution in [-0.4, -0.2) is 46.0 Å². The summed E-state index contributed by atoms with van der Waals surface area (Å²) in [6.07, 6.45) is 8.26. The molecule has 1 saturated heterocycles. The number of imidazole rings is 1. The Kier molecular flexibility index (Phi) is 5.88. The van der Waals surface area contributed by atoms with E-state index in [0.29, 0.717) is 17.8 Å². The zero-order valence-corrected chi connectivity index (χ0v) is 15.1. The predicted molar refractivity (Wildman–Crippen MR) is 100 cm³/mol. The minimum atomic E-state index is -0.295. The van der Waals surface area contributed by atoms with Gasteiger partial charge >= 0.3 is 6.03 Å². The average molecular weight is 355 g/mol. The Morgan fingerprint density at radius 2 is 2.04 bits per heavy atom. The Hall–Kier alpha value is -2.83. The molecule has 1 aromatic heterocycles. The highest BCUT2D eigenvalue weighted by atomic mass is 16.2. The van der Waals surface area contributed by atoms with Gasteiger partial charge in [-0.25, -0.2) is 9.78 Å². The van der Waals surface area contributed by atoms with Crippen LogP contribution in [0.3, 0.4) is 0 Å². The van der Waals surface area contributed by atoms with Gasteiger partial charge in [0.2, 0.25) is 0 Å². The van der Waals surface area contributed by atoms with Gasteiger partial charge < -0.3 is 20.1 Å². The largest absolute Gasteiger partial charge is 0.339 e. The Balaban J connectivity index is 1.57. The lowest BCUT2D eigenvalue weighted by molar-refractivity contribution is 0.0793. The van der Waals surface area contributed by atoms with Gasteiger partial charge in [0.25, 0.3) is 5.91 Å². The van der Waals surface area contributed by atoms with Gasteiger partial charge in [-0.05, 0) is 37.8 Å². The molecule has 7 heteroatoms. The fourth-order valence-corrected chi connectivity index (χ4v) is 3.18. The molecular weight excluding hydrogens is 330 g/mol. The molecule has 2 aromatic rings. The standard InChI is InChI=1S/C19H25N5O2/c1-15-6-4-7-16(17(15)18(25)24-11-2-3-12-24)22-19(26)21-8-5-10-23-13-9-20-14-23/h4,6-7,9,13-14H,2-3,5,8,10-12H2,1H3,(H2,21,22,26). The van der Waals surface area contributed by atoms with Crippen LogP contribution in [0.4, 0.5) is 10.5 Å². The number of hydrogen-bond donors (Lipinski definition) is 2. The van der Waals surface area contributed by atoms with E-state index < -0.39 is 0 Å². The van der Waals surface area contributed by atoms with Gasteiger partial charge in [0.1, 0.15) is 0 Å². The van der Waals surface area contributed by atoms with Crippen LogP contribution in [0.1, 0.15) is 35.2 Å². The minimum Gasteiger partial charge on any atom is -0.339 e. The van der Waals surface area contributed by atoms with Gasteiger partial charge in [0.15, 0.2) is 0 Å². The summed E-state index contributed by atoms with van der Waals surface area (Å²) in [6.45, 7) is 4.81. The molecule has 138 valence electrons. The SMILES string of the molecule is Cc1cccc(NC(=O)NCCCn2ccnc2)c1C(=O)N1CCCC1. The maximum absolute atomic E-state index is 12.8. The van der Waals surface area contributed by atoms with Crippen LogP contribution in [0, 0.1) is 6.92 Å². The molecule has 0 aliphatic carbocycles. The number of anilines is 1. The second-order valence-corrected chi connectivity index (χ2v) is 6.53. The van der Waals surface area contributed by atoms with E-state index in [9.17, 15) is 9.59 Å². The lowest BCUT2D eigenvalue weighted by Gasteiger charge is -2.20. The first kappa shape index (κ1) is 18.0. The third-order valence-corrected chi connectivity index (χ3v) is 4.57. The normalized spacial score (nSPS) is 13.7. The number of urea groups is 1. The molecule has 3 amide bonds. The minimum absolute atomic E-state index is 0.00370. The van der Waals surface area contributed by atoms with Crippen LogP contribution < -0.4 is 10.6 Å². The number of nitrogens with one attached hydrogen (secondary N) is 2. The monoisotopic (exact) mass is 355 g/mol. The quantitative estimate of drug-likeness (QED) is 0.782. The summed E-state index contributed by atoms with van der Waals surface area (Å²) in [5.41, 5.74) is 2.02. The first-order chi connectivity index (χ1) is 12.6. The number of aryl methyl sites for hydroxylation is 2. The highest BCUT2D eigenvalue weighted by Gasteiger charge is 2.23. The topological polar surface area (TPSA) is 79.3 Å². The fraction of sp³-hybridized carbons (Fsp3) is 0.421. The first-order valence-corrected chi connectivity index (χ1v) is 9.04. The highest BCUT2D eigenvalue weighted by molar-refractivity contribution is 6.04. The number of aromatic nitrogens is 2. The van der Waals surface area contributed by atoms with Crippen LogP contribution in [0.2, 0.25) is 0 Å². The Morgan fingerprint density at radius 3 is 2.77 bits per heavy atom. The Bertz CT molecular complexity index is 751. The lowest BCUT2D eigenvalue weighted by Crippen LogP contribution is -2.33. The van der Waals surface area contributed by atoms with E-state index in [-0.39, 0.29) is 11.9 Å². The van der Waals surface area contributed by atoms with Crippen molar-refractivity contribution < 1.29 is 9.59 Å². The van der Waals surface area contributed by atoms with Gasteiger partial charge in [-0.1, -0.05) is 12.1 Å². The molecule has 7 nitrogen and oxygen atoms in total. The van der Waals surface area contributed by atoms with Crippen molar-refractivity contribution in [3.8, 4) is 0 Å². The Labute approximate surface area is 153 Å². The molecule has 2 heterocycles.